The second kappa shape index (κ2) is 8.33. The molecule has 0 radical (unpaired) electrons. The van der Waals surface area contributed by atoms with Crippen molar-refractivity contribution in [2.75, 3.05) is 7.11 Å². The average molecular weight is 461 g/mol. The molecule has 3 aromatic carbocycles. The van der Waals surface area contributed by atoms with Gasteiger partial charge in [-0.2, -0.15) is 0 Å². The highest BCUT2D eigenvalue weighted by atomic mass is 32.1. The van der Waals surface area contributed by atoms with Crippen LogP contribution in [0.3, 0.4) is 0 Å². The van der Waals surface area contributed by atoms with E-state index < -0.39 is 0 Å². The molecule has 2 aromatic heterocycles. The van der Waals surface area contributed by atoms with Gasteiger partial charge in [-0.25, -0.2) is 13.8 Å². The lowest BCUT2D eigenvalue weighted by Gasteiger charge is -2.11. The van der Waals surface area contributed by atoms with Crippen LogP contribution in [0.4, 0.5) is 4.39 Å². The van der Waals surface area contributed by atoms with Crippen LogP contribution in [0.2, 0.25) is 0 Å². The maximum absolute atomic E-state index is 13.1. The molecule has 5 rings (SSSR count). The van der Waals surface area contributed by atoms with Gasteiger partial charge in [-0.3, -0.25) is 4.79 Å². The van der Waals surface area contributed by atoms with Gasteiger partial charge in [-0.05, 0) is 72.5 Å². The molecule has 7 heteroatoms. The number of hydrogen-bond donors (Lipinski definition) is 0. The van der Waals surface area contributed by atoms with E-state index in [4.69, 9.17) is 14.5 Å². The minimum Gasteiger partial charge on any atom is -0.493 e. The number of methoxy groups -OCH3 is 1. The van der Waals surface area contributed by atoms with Crippen molar-refractivity contribution in [2.45, 2.75) is 20.5 Å². The Balaban J connectivity index is 1.48. The Labute approximate surface area is 193 Å². The molecule has 5 nitrogen and oxygen atoms in total. The second-order valence-corrected chi connectivity index (χ2v) is 8.86. The molecule has 0 aliphatic rings. The summed E-state index contributed by atoms with van der Waals surface area (Å²) < 4.78 is 26.7. The quantitative estimate of drug-likeness (QED) is 0.378. The zero-order valence-corrected chi connectivity index (χ0v) is 19.2. The Bertz CT molecular complexity index is 1600. The van der Waals surface area contributed by atoms with Gasteiger partial charge in [0.25, 0.3) is 5.56 Å². The van der Waals surface area contributed by atoms with Crippen LogP contribution in [-0.4, -0.2) is 16.5 Å². The molecule has 0 fully saturated rings. The van der Waals surface area contributed by atoms with Crippen molar-refractivity contribution >= 4 is 33.4 Å². The van der Waals surface area contributed by atoms with Crippen LogP contribution in [0.25, 0.3) is 22.1 Å². The minimum absolute atomic E-state index is 0.0867. The molecule has 0 saturated heterocycles. The van der Waals surface area contributed by atoms with E-state index in [-0.39, 0.29) is 11.4 Å². The number of aromatic nitrogens is 2. The van der Waals surface area contributed by atoms with Crippen LogP contribution in [-0.2, 0) is 6.61 Å². The van der Waals surface area contributed by atoms with Crippen molar-refractivity contribution in [3.63, 3.8) is 0 Å². The normalized spacial score (nSPS) is 12.1. The number of hydrogen-bond acceptors (Lipinski definition) is 5. The number of thiazole rings is 1. The molecule has 2 heterocycles. The van der Waals surface area contributed by atoms with Crippen molar-refractivity contribution < 1.29 is 13.9 Å². The standard InChI is InChI=1S/C26H21FN2O3S/c1-15-4-10-20-24(16(15)2)28-26-29(20)25(30)23(33-26)13-18-7-11-21(22(12-18)31-3)32-14-17-5-8-19(27)9-6-17/h4-13H,14H2,1-3H3/b23-13-. The van der Waals surface area contributed by atoms with Crippen molar-refractivity contribution in [3.05, 3.63) is 97.6 Å². The van der Waals surface area contributed by atoms with Crippen molar-refractivity contribution in [1.82, 2.24) is 9.38 Å². The Morgan fingerprint density at radius 3 is 2.61 bits per heavy atom. The number of ether oxygens (including phenoxy) is 2. The summed E-state index contributed by atoms with van der Waals surface area (Å²) in [6.45, 7) is 4.36. The average Bonchev–Trinajstić information content (AvgIpc) is 3.33. The lowest BCUT2D eigenvalue weighted by Crippen LogP contribution is -2.22. The molecular formula is C26H21FN2O3S. The number of rotatable bonds is 5. The Morgan fingerprint density at radius 2 is 1.85 bits per heavy atom. The molecule has 0 atom stereocenters. The molecule has 166 valence electrons. The molecule has 0 N–H and O–H groups in total. The highest BCUT2D eigenvalue weighted by molar-refractivity contribution is 7.15. The SMILES string of the molecule is COc1cc(/C=c2\sc3nc4c(C)c(C)ccc4n3c2=O)ccc1OCc1ccc(F)cc1. The molecule has 33 heavy (non-hydrogen) atoms. The van der Waals surface area contributed by atoms with Gasteiger partial charge in [0.15, 0.2) is 16.5 Å². The summed E-state index contributed by atoms with van der Waals surface area (Å²) in [5.41, 5.74) is 5.53. The van der Waals surface area contributed by atoms with Crippen molar-refractivity contribution in [1.29, 1.82) is 0 Å². The fourth-order valence-electron chi connectivity index (χ4n) is 3.75. The summed E-state index contributed by atoms with van der Waals surface area (Å²) in [5, 5.41) is 0. The predicted molar refractivity (Wildman–Crippen MR) is 129 cm³/mol. The number of imidazole rings is 1. The number of nitrogens with zero attached hydrogens (tertiary/aromatic N) is 2. The van der Waals surface area contributed by atoms with Gasteiger partial charge in [0, 0.05) is 0 Å². The van der Waals surface area contributed by atoms with Gasteiger partial charge < -0.3 is 9.47 Å². The van der Waals surface area contributed by atoms with Crippen LogP contribution in [0.5, 0.6) is 11.5 Å². The highest BCUT2D eigenvalue weighted by Crippen LogP contribution is 2.29. The monoisotopic (exact) mass is 460 g/mol. The first-order valence-electron chi connectivity index (χ1n) is 10.4. The van der Waals surface area contributed by atoms with E-state index in [1.165, 1.54) is 23.5 Å². The second-order valence-electron chi connectivity index (χ2n) is 7.85. The lowest BCUT2D eigenvalue weighted by atomic mass is 10.1. The van der Waals surface area contributed by atoms with Gasteiger partial charge >= 0.3 is 0 Å². The summed E-state index contributed by atoms with van der Waals surface area (Å²) in [5.74, 6) is 0.837. The Morgan fingerprint density at radius 1 is 1.06 bits per heavy atom. The molecular weight excluding hydrogens is 439 g/mol. The Kier molecular flexibility index (Phi) is 5.34. The summed E-state index contributed by atoms with van der Waals surface area (Å²) in [6.07, 6.45) is 1.83. The van der Waals surface area contributed by atoms with E-state index in [2.05, 4.69) is 0 Å². The van der Waals surface area contributed by atoms with Gasteiger partial charge in [0.05, 0.1) is 22.7 Å². The summed E-state index contributed by atoms with van der Waals surface area (Å²) in [6, 6.07) is 15.6. The van der Waals surface area contributed by atoms with E-state index in [1.807, 2.05) is 44.2 Å². The summed E-state index contributed by atoms with van der Waals surface area (Å²) in [7, 11) is 1.57. The third-order valence-corrected chi connectivity index (χ3v) is 6.70. The molecule has 0 saturated carbocycles. The van der Waals surface area contributed by atoms with E-state index >= 15 is 0 Å². The first-order valence-corrected chi connectivity index (χ1v) is 11.2. The molecule has 0 amide bonds. The van der Waals surface area contributed by atoms with Gasteiger partial charge in [-0.1, -0.05) is 35.6 Å². The molecule has 0 unspecified atom stereocenters. The molecule has 0 spiro atoms. The number of aryl methyl sites for hydroxylation is 2. The number of halogens is 1. The maximum Gasteiger partial charge on any atom is 0.274 e. The molecule has 0 bridgehead atoms. The van der Waals surface area contributed by atoms with Gasteiger partial charge in [-0.15, -0.1) is 0 Å². The third-order valence-electron chi connectivity index (χ3n) is 5.73. The van der Waals surface area contributed by atoms with E-state index in [0.717, 1.165) is 33.3 Å². The van der Waals surface area contributed by atoms with Gasteiger partial charge in [0.1, 0.15) is 12.4 Å². The fraction of sp³-hybridized carbons (Fsp3) is 0.154. The third kappa shape index (κ3) is 3.85. The van der Waals surface area contributed by atoms with Crippen LogP contribution in [0.1, 0.15) is 22.3 Å². The topological polar surface area (TPSA) is 52.8 Å². The lowest BCUT2D eigenvalue weighted by molar-refractivity contribution is 0.284. The van der Waals surface area contributed by atoms with E-state index in [1.54, 1.807) is 29.7 Å². The molecule has 0 aliphatic heterocycles. The van der Waals surface area contributed by atoms with Crippen LogP contribution in [0.15, 0.2) is 59.4 Å². The summed E-state index contributed by atoms with van der Waals surface area (Å²) >= 11 is 1.37. The van der Waals surface area contributed by atoms with Crippen molar-refractivity contribution in [3.8, 4) is 11.5 Å². The van der Waals surface area contributed by atoms with Crippen LogP contribution in [0, 0.1) is 19.7 Å². The van der Waals surface area contributed by atoms with E-state index in [0.29, 0.717) is 27.6 Å². The van der Waals surface area contributed by atoms with Crippen LogP contribution < -0.4 is 19.6 Å². The summed E-state index contributed by atoms with van der Waals surface area (Å²) in [4.78, 5) is 18.5. The number of fused-ring (bicyclic) bond motifs is 3. The van der Waals surface area contributed by atoms with Crippen molar-refractivity contribution in [2.24, 2.45) is 0 Å². The van der Waals surface area contributed by atoms with Crippen LogP contribution >= 0.6 is 11.3 Å². The predicted octanol–water partition coefficient (Wildman–Crippen LogP) is 4.80. The van der Waals surface area contributed by atoms with E-state index in [9.17, 15) is 9.18 Å². The minimum atomic E-state index is -0.284. The molecule has 5 aromatic rings. The maximum atomic E-state index is 13.1. The highest BCUT2D eigenvalue weighted by Gasteiger charge is 2.14. The number of benzene rings is 3. The largest absolute Gasteiger partial charge is 0.493 e. The zero-order valence-electron chi connectivity index (χ0n) is 18.4. The zero-order chi connectivity index (χ0) is 23.1. The first kappa shape index (κ1) is 21.2. The fourth-order valence-corrected chi connectivity index (χ4v) is 4.73. The van der Waals surface area contributed by atoms with Gasteiger partial charge in [0.2, 0.25) is 0 Å². The Hall–Kier alpha value is -3.71. The first-order chi connectivity index (χ1) is 15.9. The molecule has 0 aliphatic carbocycles. The smallest absolute Gasteiger partial charge is 0.274 e.